The Labute approximate surface area is 197 Å². The van der Waals surface area contributed by atoms with Gasteiger partial charge in [0.25, 0.3) is 0 Å². The summed E-state index contributed by atoms with van der Waals surface area (Å²) in [5.74, 6) is 2.23. The molecule has 0 unspecified atom stereocenters. The summed E-state index contributed by atoms with van der Waals surface area (Å²) >= 11 is 0. The summed E-state index contributed by atoms with van der Waals surface area (Å²) < 4.78 is 5.63. The molecule has 0 bridgehead atoms. The molecule has 1 aliphatic heterocycles. The first-order chi connectivity index (χ1) is 16.8. The molecule has 8 heteroatoms. The molecule has 34 heavy (non-hydrogen) atoms. The Balaban J connectivity index is 1.50. The van der Waals surface area contributed by atoms with E-state index >= 15 is 0 Å². The quantitative estimate of drug-likeness (QED) is 0.422. The van der Waals surface area contributed by atoms with Gasteiger partial charge in [-0.2, -0.15) is 0 Å². The van der Waals surface area contributed by atoms with Crippen LogP contribution < -0.4 is 15.0 Å². The highest BCUT2D eigenvalue weighted by molar-refractivity contribution is 5.98. The fourth-order valence-corrected chi connectivity index (χ4v) is 4.60. The number of benzene rings is 1. The van der Waals surface area contributed by atoms with Crippen LogP contribution in [-0.4, -0.2) is 58.2 Å². The number of fused-ring (bicyclic) bond motifs is 2. The van der Waals surface area contributed by atoms with Crippen molar-refractivity contribution in [1.82, 2.24) is 30.2 Å². The van der Waals surface area contributed by atoms with E-state index in [1.165, 1.54) is 5.56 Å². The maximum atomic E-state index is 5.63. The van der Waals surface area contributed by atoms with Crippen molar-refractivity contribution in [2.24, 2.45) is 0 Å². The highest BCUT2D eigenvalue weighted by Crippen LogP contribution is 2.35. The first-order valence-electron chi connectivity index (χ1n) is 11.5. The van der Waals surface area contributed by atoms with Crippen molar-refractivity contribution < 1.29 is 4.74 Å². The zero-order valence-corrected chi connectivity index (χ0v) is 19.0. The minimum atomic E-state index is 0.661. The fraction of sp³-hybridized carbons (Fsp3) is 0.231. The van der Waals surface area contributed by atoms with Crippen LogP contribution in [0.1, 0.15) is 11.3 Å². The molecule has 5 heterocycles. The van der Waals surface area contributed by atoms with Gasteiger partial charge in [-0.05, 0) is 17.7 Å². The summed E-state index contributed by atoms with van der Waals surface area (Å²) in [5.41, 5.74) is 4.90. The van der Waals surface area contributed by atoms with Crippen molar-refractivity contribution in [2.45, 2.75) is 6.42 Å². The number of nitrogens with zero attached hydrogens (tertiary/aromatic N) is 5. The highest BCUT2D eigenvalue weighted by Gasteiger charge is 2.21. The molecule has 6 rings (SSSR count). The van der Waals surface area contributed by atoms with Crippen molar-refractivity contribution in [1.29, 1.82) is 0 Å². The maximum Gasteiger partial charge on any atom is 0.163 e. The first kappa shape index (κ1) is 20.6. The van der Waals surface area contributed by atoms with E-state index in [9.17, 15) is 0 Å². The Hall–Kier alpha value is -4.04. The van der Waals surface area contributed by atoms with Crippen LogP contribution in [0.2, 0.25) is 0 Å². The summed E-state index contributed by atoms with van der Waals surface area (Å²) in [6.07, 6.45) is 6.12. The van der Waals surface area contributed by atoms with E-state index in [1.54, 1.807) is 19.5 Å². The summed E-state index contributed by atoms with van der Waals surface area (Å²) in [5, 5.41) is 5.32. The number of ether oxygens (including phenoxy) is 1. The molecule has 1 saturated heterocycles. The van der Waals surface area contributed by atoms with Gasteiger partial charge in [-0.25, -0.2) is 15.0 Å². The second-order valence-electron chi connectivity index (χ2n) is 8.42. The lowest BCUT2D eigenvalue weighted by atomic mass is 10.1. The lowest BCUT2D eigenvalue weighted by molar-refractivity contribution is 0.418. The zero-order valence-electron chi connectivity index (χ0n) is 19.0. The third kappa shape index (κ3) is 3.72. The van der Waals surface area contributed by atoms with Crippen LogP contribution >= 0.6 is 0 Å². The van der Waals surface area contributed by atoms with Gasteiger partial charge in [0.05, 0.1) is 30.4 Å². The second kappa shape index (κ2) is 8.72. The second-order valence-corrected chi connectivity index (χ2v) is 8.42. The Bertz CT molecular complexity index is 1460. The Morgan fingerprint density at radius 2 is 1.88 bits per heavy atom. The molecule has 0 saturated carbocycles. The first-order valence-corrected chi connectivity index (χ1v) is 11.5. The van der Waals surface area contributed by atoms with Crippen LogP contribution in [0.25, 0.3) is 33.3 Å². The maximum absolute atomic E-state index is 5.63. The van der Waals surface area contributed by atoms with Crippen molar-refractivity contribution in [2.75, 3.05) is 38.2 Å². The summed E-state index contributed by atoms with van der Waals surface area (Å²) in [6.45, 7) is 3.56. The Kier molecular flexibility index (Phi) is 5.27. The molecule has 2 N–H and O–H groups in total. The molecular weight excluding hydrogens is 426 g/mol. The number of H-pyrrole nitrogens is 1. The van der Waals surface area contributed by atoms with Gasteiger partial charge >= 0.3 is 0 Å². The van der Waals surface area contributed by atoms with Crippen LogP contribution in [0, 0.1) is 0 Å². The topological polar surface area (TPSA) is 91.9 Å². The van der Waals surface area contributed by atoms with E-state index in [0.717, 1.165) is 71.6 Å². The van der Waals surface area contributed by atoms with Gasteiger partial charge in [0.2, 0.25) is 0 Å². The molecule has 0 amide bonds. The van der Waals surface area contributed by atoms with E-state index in [2.05, 4.69) is 55.5 Å². The lowest BCUT2D eigenvalue weighted by Crippen LogP contribution is -2.44. The van der Waals surface area contributed by atoms with Crippen LogP contribution in [0.15, 0.2) is 61.1 Å². The molecule has 1 aromatic carbocycles. The molecule has 0 spiro atoms. The van der Waals surface area contributed by atoms with Gasteiger partial charge in [-0.1, -0.05) is 30.3 Å². The molecule has 8 nitrogen and oxygen atoms in total. The van der Waals surface area contributed by atoms with Gasteiger partial charge in [-0.15, -0.1) is 0 Å². The average molecular weight is 452 g/mol. The number of methoxy groups -OCH3 is 1. The van der Waals surface area contributed by atoms with Crippen LogP contribution in [-0.2, 0) is 6.42 Å². The van der Waals surface area contributed by atoms with Gasteiger partial charge in [-0.3, -0.25) is 4.98 Å². The minimum absolute atomic E-state index is 0.661. The number of aromatic nitrogens is 5. The van der Waals surface area contributed by atoms with Gasteiger partial charge < -0.3 is 19.9 Å². The predicted molar refractivity (Wildman–Crippen MR) is 133 cm³/mol. The fourth-order valence-electron chi connectivity index (χ4n) is 4.60. The Morgan fingerprint density at radius 3 is 2.71 bits per heavy atom. The van der Waals surface area contributed by atoms with Crippen molar-refractivity contribution >= 4 is 27.8 Å². The smallest absolute Gasteiger partial charge is 0.163 e. The average Bonchev–Trinajstić information content (AvgIpc) is 3.31. The number of hydrogen-bond donors (Lipinski definition) is 2. The monoisotopic (exact) mass is 451 g/mol. The SMILES string of the molecule is COc1cncc2nc(-c3ccnc4[nH]c(Cc5ccccc5)cc34)nc(N3CCNCC3)c12. The van der Waals surface area contributed by atoms with Crippen molar-refractivity contribution in [3.8, 4) is 17.1 Å². The summed E-state index contributed by atoms with van der Waals surface area (Å²) in [7, 11) is 1.66. The van der Waals surface area contributed by atoms with Crippen molar-refractivity contribution in [3.63, 3.8) is 0 Å². The summed E-state index contributed by atoms with van der Waals surface area (Å²) in [4.78, 5) is 24.7. The number of anilines is 1. The Morgan fingerprint density at radius 1 is 1.03 bits per heavy atom. The van der Waals surface area contributed by atoms with Gasteiger partial charge in [0, 0.05) is 55.4 Å². The third-order valence-electron chi connectivity index (χ3n) is 6.26. The van der Waals surface area contributed by atoms with Gasteiger partial charge in [0.15, 0.2) is 5.82 Å². The van der Waals surface area contributed by atoms with Crippen LogP contribution in [0.3, 0.4) is 0 Å². The third-order valence-corrected chi connectivity index (χ3v) is 6.26. The molecular formula is C26H25N7O. The number of rotatable bonds is 5. The number of pyridine rings is 2. The minimum Gasteiger partial charge on any atom is -0.494 e. The number of nitrogens with one attached hydrogen (secondary N) is 2. The molecule has 4 aromatic heterocycles. The van der Waals surface area contributed by atoms with Crippen molar-refractivity contribution in [3.05, 3.63) is 72.3 Å². The van der Waals surface area contributed by atoms with Crippen LogP contribution in [0.4, 0.5) is 5.82 Å². The van der Waals surface area contributed by atoms with E-state index < -0.39 is 0 Å². The van der Waals surface area contributed by atoms with Gasteiger partial charge in [0.1, 0.15) is 17.2 Å². The molecule has 5 aromatic rings. The number of hydrogen-bond acceptors (Lipinski definition) is 7. The molecule has 1 aliphatic rings. The van der Waals surface area contributed by atoms with E-state index in [0.29, 0.717) is 11.6 Å². The largest absolute Gasteiger partial charge is 0.494 e. The molecule has 0 aliphatic carbocycles. The highest BCUT2D eigenvalue weighted by atomic mass is 16.5. The number of aromatic amines is 1. The predicted octanol–water partition coefficient (Wildman–Crippen LogP) is 3.58. The zero-order chi connectivity index (χ0) is 22.9. The standard InChI is InChI=1S/C26H25N7O/c1-34-22-16-28-15-21-23(22)26(33-11-9-27-10-12-33)32-25(31-21)19-7-8-29-24-20(19)14-18(30-24)13-17-5-3-2-4-6-17/h2-8,14-16,27H,9-13H2,1H3,(H,29,30). The molecule has 170 valence electrons. The lowest BCUT2D eigenvalue weighted by Gasteiger charge is -2.29. The summed E-state index contributed by atoms with van der Waals surface area (Å²) in [6, 6.07) is 14.6. The molecule has 0 radical (unpaired) electrons. The van der Waals surface area contributed by atoms with E-state index in [-0.39, 0.29) is 0 Å². The van der Waals surface area contributed by atoms with Crippen LogP contribution in [0.5, 0.6) is 5.75 Å². The molecule has 1 fully saturated rings. The van der Waals surface area contributed by atoms with E-state index in [1.807, 2.05) is 18.3 Å². The molecule has 0 atom stereocenters. The number of piperazine rings is 1. The normalized spacial score (nSPS) is 14.1. The van der Waals surface area contributed by atoms with E-state index in [4.69, 9.17) is 14.7 Å².